The number of hydrogen-bond acceptors (Lipinski definition) is 3. The minimum Gasteiger partial charge on any atom is -0.370 e. The Kier molecular flexibility index (Phi) is 5.62. The molecule has 1 amide bonds. The van der Waals surface area contributed by atoms with Gasteiger partial charge in [-0.2, -0.15) is 0 Å². The van der Waals surface area contributed by atoms with Gasteiger partial charge in [-0.05, 0) is 19.9 Å². The molecule has 6 heteroatoms. The van der Waals surface area contributed by atoms with Crippen molar-refractivity contribution in [3.05, 3.63) is 0 Å². The smallest absolute Gasteiger partial charge is 0.234 e. The van der Waals surface area contributed by atoms with Gasteiger partial charge in [-0.15, -0.1) is 0 Å². The van der Waals surface area contributed by atoms with Gasteiger partial charge in [0, 0.05) is 13.6 Å². The number of nitrogens with zero attached hydrogens (tertiary/aromatic N) is 1. The highest BCUT2D eigenvalue weighted by atomic mass is 16.1. The maximum Gasteiger partial charge on any atom is 0.234 e. The molecule has 0 radical (unpaired) electrons. The lowest BCUT2D eigenvalue weighted by molar-refractivity contribution is -0.120. The third-order valence-electron chi connectivity index (χ3n) is 2.09. The van der Waals surface area contributed by atoms with E-state index in [4.69, 9.17) is 16.9 Å². The number of guanidine groups is 1. The first-order valence-electron chi connectivity index (χ1n) is 4.50. The first kappa shape index (κ1) is 12.7. The first-order valence-corrected chi connectivity index (χ1v) is 4.50. The molecule has 0 fully saturated rings. The van der Waals surface area contributed by atoms with Crippen LogP contribution < -0.4 is 16.8 Å². The number of carbonyl (C=O) groups is 1. The summed E-state index contributed by atoms with van der Waals surface area (Å²) in [7, 11) is 3.44. The van der Waals surface area contributed by atoms with Gasteiger partial charge in [-0.3, -0.25) is 10.2 Å². The molecular weight excluding hydrogens is 182 g/mol. The summed E-state index contributed by atoms with van der Waals surface area (Å²) < 4.78 is 0. The Morgan fingerprint density at radius 3 is 2.50 bits per heavy atom. The van der Waals surface area contributed by atoms with Crippen LogP contribution in [-0.2, 0) is 4.79 Å². The van der Waals surface area contributed by atoms with E-state index in [0.717, 1.165) is 6.42 Å². The number of amides is 1. The standard InChI is InChI=1S/C8H19N5O/c1-12-6(7(9)14)4-3-5-13(2)8(10)11/h6,12H,3-5H2,1-2H3,(H2,9,14)(H3,10,11). The van der Waals surface area contributed by atoms with Gasteiger partial charge in [0.1, 0.15) is 0 Å². The predicted octanol–water partition coefficient (Wildman–Crippen LogP) is -1.33. The molecule has 0 saturated carbocycles. The van der Waals surface area contributed by atoms with Gasteiger partial charge < -0.3 is 21.7 Å². The molecule has 0 spiro atoms. The average Bonchev–Trinajstić information content (AvgIpc) is 2.11. The monoisotopic (exact) mass is 201 g/mol. The van der Waals surface area contributed by atoms with Crippen molar-refractivity contribution < 1.29 is 4.79 Å². The van der Waals surface area contributed by atoms with E-state index in [2.05, 4.69) is 5.32 Å². The van der Waals surface area contributed by atoms with E-state index in [-0.39, 0.29) is 17.9 Å². The number of primary amides is 1. The molecular formula is C8H19N5O. The second kappa shape index (κ2) is 6.20. The van der Waals surface area contributed by atoms with E-state index in [1.165, 1.54) is 0 Å². The van der Waals surface area contributed by atoms with E-state index in [9.17, 15) is 4.79 Å². The van der Waals surface area contributed by atoms with Crippen molar-refractivity contribution >= 4 is 11.9 Å². The van der Waals surface area contributed by atoms with Crippen molar-refractivity contribution in [2.45, 2.75) is 18.9 Å². The van der Waals surface area contributed by atoms with Crippen molar-refractivity contribution in [2.24, 2.45) is 11.5 Å². The zero-order chi connectivity index (χ0) is 11.1. The molecule has 1 atom stereocenters. The minimum atomic E-state index is -0.349. The highest BCUT2D eigenvalue weighted by Gasteiger charge is 2.12. The molecule has 6 N–H and O–H groups in total. The van der Waals surface area contributed by atoms with Crippen LogP contribution in [0.2, 0.25) is 0 Å². The quantitative estimate of drug-likeness (QED) is 0.315. The van der Waals surface area contributed by atoms with Crippen molar-refractivity contribution in [3.63, 3.8) is 0 Å². The maximum atomic E-state index is 10.8. The Morgan fingerprint density at radius 1 is 1.57 bits per heavy atom. The molecule has 0 aliphatic heterocycles. The summed E-state index contributed by atoms with van der Waals surface area (Å²) >= 11 is 0. The predicted molar refractivity (Wildman–Crippen MR) is 55.8 cm³/mol. The van der Waals surface area contributed by atoms with Gasteiger partial charge in [0.2, 0.25) is 5.91 Å². The number of rotatable bonds is 6. The number of hydrogen-bond donors (Lipinski definition) is 4. The van der Waals surface area contributed by atoms with Crippen molar-refractivity contribution in [1.82, 2.24) is 10.2 Å². The van der Waals surface area contributed by atoms with Crippen molar-refractivity contribution in [3.8, 4) is 0 Å². The van der Waals surface area contributed by atoms with E-state index in [0.29, 0.717) is 13.0 Å². The van der Waals surface area contributed by atoms with Crippen LogP contribution in [0.5, 0.6) is 0 Å². The van der Waals surface area contributed by atoms with Crippen LogP contribution in [0.3, 0.4) is 0 Å². The van der Waals surface area contributed by atoms with Crippen LogP contribution in [0.4, 0.5) is 0 Å². The summed E-state index contributed by atoms with van der Waals surface area (Å²) in [5.74, 6) is -0.317. The zero-order valence-corrected chi connectivity index (χ0v) is 8.71. The number of carbonyl (C=O) groups excluding carboxylic acids is 1. The first-order chi connectivity index (χ1) is 6.49. The molecule has 1 unspecified atom stereocenters. The van der Waals surface area contributed by atoms with Crippen molar-refractivity contribution in [2.75, 3.05) is 20.6 Å². The van der Waals surface area contributed by atoms with Gasteiger partial charge in [-0.25, -0.2) is 0 Å². The summed E-state index contributed by atoms with van der Waals surface area (Å²) in [6.45, 7) is 0.654. The fourth-order valence-corrected chi connectivity index (χ4v) is 1.08. The van der Waals surface area contributed by atoms with E-state index < -0.39 is 0 Å². The second-order valence-electron chi connectivity index (χ2n) is 3.19. The van der Waals surface area contributed by atoms with E-state index in [1.807, 2.05) is 0 Å². The topological polar surface area (TPSA) is 108 Å². The van der Waals surface area contributed by atoms with Gasteiger partial charge in [-0.1, -0.05) is 0 Å². The lowest BCUT2D eigenvalue weighted by atomic mass is 10.1. The van der Waals surface area contributed by atoms with Crippen molar-refractivity contribution in [1.29, 1.82) is 5.41 Å². The van der Waals surface area contributed by atoms with Crippen LogP contribution in [-0.4, -0.2) is 43.4 Å². The highest BCUT2D eigenvalue weighted by Crippen LogP contribution is 1.97. The fourth-order valence-electron chi connectivity index (χ4n) is 1.08. The minimum absolute atomic E-state index is 0.0325. The zero-order valence-electron chi connectivity index (χ0n) is 8.71. The highest BCUT2D eigenvalue weighted by molar-refractivity contribution is 5.79. The third kappa shape index (κ3) is 4.66. The molecule has 0 rings (SSSR count). The molecule has 0 aromatic carbocycles. The molecule has 0 heterocycles. The van der Waals surface area contributed by atoms with Crippen LogP contribution in [0, 0.1) is 5.41 Å². The third-order valence-corrected chi connectivity index (χ3v) is 2.09. The fraction of sp³-hybridized carbons (Fsp3) is 0.750. The number of likely N-dealkylation sites (N-methyl/N-ethyl adjacent to an activating group) is 1. The molecule has 0 aliphatic carbocycles. The van der Waals surface area contributed by atoms with Gasteiger partial charge in [0.05, 0.1) is 6.04 Å². The summed E-state index contributed by atoms with van der Waals surface area (Å²) in [6.07, 6.45) is 1.42. The van der Waals surface area contributed by atoms with Crippen LogP contribution >= 0.6 is 0 Å². The molecule has 0 bridgehead atoms. The Morgan fingerprint density at radius 2 is 2.14 bits per heavy atom. The van der Waals surface area contributed by atoms with Gasteiger partial charge >= 0.3 is 0 Å². The van der Waals surface area contributed by atoms with Gasteiger partial charge in [0.25, 0.3) is 0 Å². The average molecular weight is 201 g/mol. The van der Waals surface area contributed by atoms with Crippen LogP contribution in [0.1, 0.15) is 12.8 Å². The molecule has 82 valence electrons. The van der Waals surface area contributed by atoms with E-state index >= 15 is 0 Å². The molecule has 0 aliphatic rings. The number of nitrogens with one attached hydrogen (secondary N) is 2. The molecule has 6 nitrogen and oxygen atoms in total. The Hall–Kier alpha value is -1.30. The Labute approximate surface area is 84.1 Å². The Bertz CT molecular complexity index is 206. The normalized spacial score (nSPS) is 12.1. The van der Waals surface area contributed by atoms with Crippen LogP contribution in [0.15, 0.2) is 0 Å². The summed E-state index contributed by atoms with van der Waals surface area (Å²) in [6, 6.07) is -0.296. The molecule has 0 aromatic rings. The summed E-state index contributed by atoms with van der Waals surface area (Å²) in [5.41, 5.74) is 10.4. The molecule has 0 saturated heterocycles. The number of nitrogens with two attached hydrogens (primary N) is 2. The molecule has 0 aromatic heterocycles. The lowest BCUT2D eigenvalue weighted by Crippen LogP contribution is -2.40. The SMILES string of the molecule is CNC(CCCN(C)C(=N)N)C(N)=O. The second-order valence-corrected chi connectivity index (χ2v) is 3.19. The summed E-state index contributed by atoms with van der Waals surface area (Å²) in [4.78, 5) is 12.4. The molecule has 14 heavy (non-hydrogen) atoms. The van der Waals surface area contributed by atoms with Crippen LogP contribution in [0.25, 0.3) is 0 Å². The van der Waals surface area contributed by atoms with E-state index in [1.54, 1.807) is 19.0 Å². The maximum absolute atomic E-state index is 10.8. The van der Waals surface area contributed by atoms with Gasteiger partial charge in [0.15, 0.2) is 5.96 Å². The summed E-state index contributed by atoms with van der Waals surface area (Å²) in [5, 5.41) is 9.94. The largest absolute Gasteiger partial charge is 0.370 e. The lowest BCUT2D eigenvalue weighted by Gasteiger charge is -2.18. The Balaban J connectivity index is 3.71.